The van der Waals surface area contributed by atoms with Crippen LogP contribution < -0.4 is 0 Å². The smallest absolute Gasteiger partial charge is 0.250 e. The van der Waals surface area contributed by atoms with Gasteiger partial charge in [-0.2, -0.15) is 0 Å². The summed E-state index contributed by atoms with van der Waals surface area (Å²) in [6, 6.07) is 6.38. The topological polar surface area (TPSA) is 42.2 Å². The summed E-state index contributed by atoms with van der Waals surface area (Å²) in [5.41, 5.74) is 0.343. The van der Waals surface area contributed by atoms with Crippen LogP contribution in [0.2, 0.25) is 0 Å². The van der Waals surface area contributed by atoms with Gasteiger partial charge in [0.15, 0.2) is 0 Å². The second kappa shape index (κ2) is 5.73. The number of aromatic nitrogens is 2. The molecule has 0 unspecified atom stereocenters. The Hall–Kier alpha value is -1.75. The molecule has 0 aliphatic rings. The Labute approximate surface area is 105 Å². The lowest BCUT2D eigenvalue weighted by Gasteiger charge is -2.14. The van der Waals surface area contributed by atoms with Crippen molar-refractivity contribution >= 4 is 0 Å². The molecule has 0 saturated heterocycles. The molecule has 5 heteroatoms. The molecule has 0 spiro atoms. The van der Waals surface area contributed by atoms with Crippen LogP contribution in [0, 0.1) is 5.82 Å². The number of nitrogens with zero attached hydrogens (tertiary/aromatic N) is 3. The second-order valence-electron chi connectivity index (χ2n) is 3.94. The highest BCUT2D eigenvalue weighted by atomic mass is 19.1. The van der Waals surface area contributed by atoms with E-state index in [1.807, 2.05) is 0 Å². The summed E-state index contributed by atoms with van der Waals surface area (Å²) in [4.78, 5) is 2.15. The van der Waals surface area contributed by atoms with Gasteiger partial charge in [-0.1, -0.05) is 26.0 Å². The standard InChI is InChI=1S/C13H16FN3O/c1-3-17(4-2)9-12-15-16-13(18-12)10-7-5-6-8-11(10)14/h5-8H,3-4,9H2,1-2H3. The summed E-state index contributed by atoms with van der Waals surface area (Å²) in [5, 5.41) is 7.83. The van der Waals surface area contributed by atoms with Crippen molar-refractivity contribution in [1.29, 1.82) is 0 Å². The minimum absolute atomic E-state index is 0.232. The van der Waals surface area contributed by atoms with E-state index in [-0.39, 0.29) is 11.7 Å². The summed E-state index contributed by atoms with van der Waals surface area (Å²) in [6.45, 7) is 6.55. The van der Waals surface area contributed by atoms with Gasteiger partial charge < -0.3 is 4.42 Å². The Morgan fingerprint density at radius 1 is 1.17 bits per heavy atom. The Balaban J connectivity index is 2.18. The van der Waals surface area contributed by atoms with E-state index in [2.05, 4.69) is 28.9 Å². The van der Waals surface area contributed by atoms with E-state index < -0.39 is 0 Å². The second-order valence-corrected chi connectivity index (χ2v) is 3.94. The first-order chi connectivity index (χ1) is 8.74. The minimum atomic E-state index is -0.351. The summed E-state index contributed by atoms with van der Waals surface area (Å²) in [7, 11) is 0. The molecule has 0 fully saturated rings. The predicted octanol–water partition coefficient (Wildman–Crippen LogP) is 2.72. The van der Waals surface area contributed by atoms with Crippen LogP contribution in [-0.2, 0) is 6.54 Å². The van der Waals surface area contributed by atoms with Crippen molar-refractivity contribution in [2.24, 2.45) is 0 Å². The number of rotatable bonds is 5. The molecule has 1 aromatic carbocycles. The van der Waals surface area contributed by atoms with Crippen molar-refractivity contribution in [2.45, 2.75) is 20.4 Å². The normalized spacial score (nSPS) is 11.1. The number of halogens is 1. The third-order valence-corrected chi connectivity index (χ3v) is 2.82. The largest absolute Gasteiger partial charge is 0.419 e. The van der Waals surface area contributed by atoms with E-state index in [1.165, 1.54) is 6.07 Å². The number of hydrogen-bond donors (Lipinski definition) is 0. The van der Waals surface area contributed by atoms with Gasteiger partial charge in [0.05, 0.1) is 12.1 Å². The van der Waals surface area contributed by atoms with Gasteiger partial charge >= 0.3 is 0 Å². The maximum atomic E-state index is 13.5. The van der Waals surface area contributed by atoms with E-state index in [1.54, 1.807) is 18.2 Å². The fourth-order valence-corrected chi connectivity index (χ4v) is 1.70. The first-order valence-electron chi connectivity index (χ1n) is 6.04. The molecule has 0 N–H and O–H groups in total. The molecule has 0 saturated carbocycles. The third kappa shape index (κ3) is 2.73. The first kappa shape index (κ1) is 12.7. The van der Waals surface area contributed by atoms with Gasteiger partial charge in [0.25, 0.3) is 5.89 Å². The molecular formula is C13H16FN3O. The summed E-state index contributed by atoms with van der Waals surface area (Å²) in [6.07, 6.45) is 0. The van der Waals surface area contributed by atoms with Gasteiger partial charge in [-0.15, -0.1) is 10.2 Å². The van der Waals surface area contributed by atoms with Crippen molar-refractivity contribution in [1.82, 2.24) is 15.1 Å². The van der Waals surface area contributed by atoms with Crippen LogP contribution in [0.3, 0.4) is 0 Å². The lowest BCUT2D eigenvalue weighted by Crippen LogP contribution is -2.22. The van der Waals surface area contributed by atoms with Crippen LogP contribution in [0.1, 0.15) is 19.7 Å². The molecule has 96 valence electrons. The van der Waals surface area contributed by atoms with Gasteiger partial charge in [-0.25, -0.2) is 4.39 Å². The maximum absolute atomic E-state index is 13.5. The van der Waals surface area contributed by atoms with E-state index >= 15 is 0 Å². The van der Waals surface area contributed by atoms with Gasteiger partial charge in [0, 0.05) is 0 Å². The summed E-state index contributed by atoms with van der Waals surface area (Å²) in [5.74, 6) is 0.391. The molecule has 0 aliphatic heterocycles. The van der Waals surface area contributed by atoms with E-state index in [0.717, 1.165) is 13.1 Å². The molecule has 0 amide bonds. The highest BCUT2D eigenvalue weighted by molar-refractivity contribution is 5.53. The number of hydrogen-bond acceptors (Lipinski definition) is 4. The molecule has 2 aromatic rings. The Morgan fingerprint density at radius 2 is 1.89 bits per heavy atom. The predicted molar refractivity (Wildman–Crippen MR) is 66.3 cm³/mol. The highest BCUT2D eigenvalue weighted by Crippen LogP contribution is 2.21. The van der Waals surface area contributed by atoms with Crippen molar-refractivity contribution in [3.05, 3.63) is 36.0 Å². The fraction of sp³-hybridized carbons (Fsp3) is 0.385. The van der Waals surface area contributed by atoms with Gasteiger partial charge in [-0.3, -0.25) is 4.90 Å². The average molecular weight is 249 g/mol. The molecule has 0 radical (unpaired) electrons. The highest BCUT2D eigenvalue weighted by Gasteiger charge is 2.13. The van der Waals surface area contributed by atoms with Crippen LogP contribution in [0.25, 0.3) is 11.5 Å². The molecule has 4 nitrogen and oxygen atoms in total. The van der Waals surface area contributed by atoms with Crippen molar-refractivity contribution in [3.8, 4) is 11.5 Å². The Bertz CT molecular complexity index is 508. The van der Waals surface area contributed by atoms with Crippen LogP contribution >= 0.6 is 0 Å². The molecular weight excluding hydrogens is 233 g/mol. The SMILES string of the molecule is CCN(CC)Cc1nnc(-c2ccccc2F)o1. The van der Waals surface area contributed by atoms with Crippen LogP contribution in [0.4, 0.5) is 4.39 Å². The first-order valence-corrected chi connectivity index (χ1v) is 6.04. The fourth-order valence-electron chi connectivity index (χ4n) is 1.70. The van der Waals surface area contributed by atoms with Gasteiger partial charge in [0.1, 0.15) is 5.82 Å². The average Bonchev–Trinajstić information content (AvgIpc) is 2.85. The van der Waals surface area contributed by atoms with Crippen molar-refractivity contribution in [2.75, 3.05) is 13.1 Å². The zero-order valence-electron chi connectivity index (χ0n) is 10.6. The van der Waals surface area contributed by atoms with Gasteiger partial charge in [0.2, 0.25) is 5.89 Å². The van der Waals surface area contributed by atoms with E-state index in [4.69, 9.17) is 4.42 Å². The lowest BCUT2D eigenvalue weighted by atomic mass is 10.2. The van der Waals surface area contributed by atoms with Gasteiger partial charge in [-0.05, 0) is 25.2 Å². The summed E-state index contributed by atoms with van der Waals surface area (Å²) >= 11 is 0. The minimum Gasteiger partial charge on any atom is -0.419 e. The third-order valence-electron chi connectivity index (χ3n) is 2.82. The summed E-state index contributed by atoms with van der Waals surface area (Å²) < 4.78 is 19.0. The van der Waals surface area contributed by atoms with Crippen LogP contribution in [0.15, 0.2) is 28.7 Å². The van der Waals surface area contributed by atoms with Crippen LogP contribution in [-0.4, -0.2) is 28.2 Å². The monoisotopic (exact) mass is 249 g/mol. The number of benzene rings is 1. The van der Waals surface area contributed by atoms with E-state index in [0.29, 0.717) is 18.0 Å². The van der Waals surface area contributed by atoms with Crippen LogP contribution in [0.5, 0.6) is 0 Å². The Morgan fingerprint density at radius 3 is 2.56 bits per heavy atom. The lowest BCUT2D eigenvalue weighted by molar-refractivity contribution is 0.264. The molecule has 0 aliphatic carbocycles. The maximum Gasteiger partial charge on any atom is 0.250 e. The van der Waals surface area contributed by atoms with Crippen molar-refractivity contribution < 1.29 is 8.81 Å². The molecule has 0 bridgehead atoms. The Kier molecular flexibility index (Phi) is 4.04. The quantitative estimate of drug-likeness (QED) is 0.817. The molecule has 0 atom stereocenters. The van der Waals surface area contributed by atoms with Crippen molar-refractivity contribution in [3.63, 3.8) is 0 Å². The van der Waals surface area contributed by atoms with E-state index in [9.17, 15) is 4.39 Å². The zero-order valence-corrected chi connectivity index (χ0v) is 10.6. The molecule has 18 heavy (non-hydrogen) atoms. The molecule has 1 heterocycles. The zero-order chi connectivity index (χ0) is 13.0. The molecule has 2 rings (SSSR count). The molecule has 1 aromatic heterocycles.